The number of carbonyl (C=O) groups excluding carboxylic acids is 2. The predicted octanol–water partition coefficient (Wildman–Crippen LogP) is 4.19. The molecule has 1 aliphatic rings. The van der Waals surface area contributed by atoms with Crippen molar-refractivity contribution in [3.05, 3.63) is 78.8 Å². The number of benzene rings is 2. The summed E-state index contributed by atoms with van der Waals surface area (Å²) >= 11 is 0. The minimum Gasteiger partial charge on any atom is -0.459 e. The van der Waals surface area contributed by atoms with E-state index in [9.17, 15) is 9.59 Å². The molecular weight excluding hydrogens is 340 g/mol. The van der Waals surface area contributed by atoms with Crippen LogP contribution in [-0.2, 0) is 4.79 Å². The van der Waals surface area contributed by atoms with Crippen LogP contribution in [0.3, 0.4) is 0 Å². The Morgan fingerprint density at radius 1 is 0.926 bits per heavy atom. The molecular formula is C22H20N2O3. The molecule has 1 unspecified atom stereocenters. The number of hydrogen-bond donors (Lipinski definition) is 1. The number of nitrogens with zero attached hydrogens (tertiary/aromatic N) is 1. The maximum absolute atomic E-state index is 12.7. The van der Waals surface area contributed by atoms with Gasteiger partial charge in [-0.1, -0.05) is 42.5 Å². The van der Waals surface area contributed by atoms with Crippen LogP contribution in [0.4, 0.5) is 5.69 Å². The van der Waals surface area contributed by atoms with Crippen LogP contribution in [0.15, 0.2) is 77.4 Å². The Morgan fingerprint density at radius 3 is 2.37 bits per heavy atom. The molecule has 5 heteroatoms. The van der Waals surface area contributed by atoms with E-state index in [1.807, 2.05) is 54.6 Å². The van der Waals surface area contributed by atoms with Gasteiger partial charge in [0.15, 0.2) is 5.76 Å². The first kappa shape index (κ1) is 17.1. The highest BCUT2D eigenvalue weighted by atomic mass is 16.3. The van der Waals surface area contributed by atoms with Gasteiger partial charge in [0.2, 0.25) is 5.91 Å². The highest BCUT2D eigenvalue weighted by molar-refractivity contribution is 6.00. The largest absolute Gasteiger partial charge is 0.459 e. The molecule has 1 fully saturated rings. The molecule has 4 rings (SSSR count). The van der Waals surface area contributed by atoms with Crippen molar-refractivity contribution in [1.29, 1.82) is 0 Å². The molecule has 1 N–H and O–H groups in total. The zero-order chi connectivity index (χ0) is 18.6. The molecule has 1 atom stereocenters. The van der Waals surface area contributed by atoms with Crippen molar-refractivity contribution in [2.75, 3.05) is 11.9 Å². The summed E-state index contributed by atoms with van der Waals surface area (Å²) in [5.41, 5.74) is 2.93. The van der Waals surface area contributed by atoms with Gasteiger partial charge in [-0.15, -0.1) is 0 Å². The number of anilines is 1. The first-order chi connectivity index (χ1) is 13.2. The van der Waals surface area contributed by atoms with Crippen molar-refractivity contribution >= 4 is 17.5 Å². The minimum absolute atomic E-state index is 0.167. The van der Waals surface area contributed by atoms with Gasteiger partial charge in [-0.3, -0.25) is 9.59 Å². The average molecular weight is 360 g/mol. The molecule has 136 valence electrons. The molecule has 0 bridgehead atoms. The minimum atomic E-state index is -0.476. The van der Waals surface area contributed by atoms with Crippen LogP contribution in [0.25, 0.3) is 11.1 Å². The second-order valence-corrected chi connectivity index (χ2v) is 6.57. The molecule has 0 aliphatic carbocycles. The molecule has 0 radical (unpaired) electrons. The second kappa shape index (κ2) is 7.50. The summed E-state index contributed by atoms with van der Waals surface area (Å²) in [5, 5.41) is 2.93. The predicted molar refractivity (Wildman–Crippen MR) is 103 cm³/mol. The van der Waals surface area contributed by atoms with Crippen LogP contribution in [0.5, 0.6) is 0 Å². The van der Waals surface area contributed by atoms with E-state index in [0.717, 1.165) is 23.2 Å². The van der Waals surface area contributed by atoms with Gasteiger partial charge in [-0.25, -0.2) is 0 Å². The Balaban J connectivity index is 1.44. The monoisotopic (exact) mass is 360 g/mol. The van der Waals surface area contributed by atoms with Gasteiger partial charge >= 0.3 is 0 Å². The van der Waals surface area contributed by atoms with E-state index in [1.165, 1.54) is 6.26 Å². The zero-order valence-corrected chi connectivity index (χ0v) is 14.8. The van der Waals surface area contributed by atoms with Gasteiger partial charge in [0.1, 0.15) is 6.04 Å². The van der Waals surface area contributed by atoms with Crippen molar-refractivity contribution in [3.63, 3.8) is 0 Å². The summed E-state index contributed by atoms with van der Waals surface area (Å²) < 4.78 is 5.19. The summed E-state index contributed by atoms with van der Waals surface area (Å²) in [7, 11) is 0. The molecule has 2 aromatic carbocycles. The summed E-state index contributed by atoms with van der Waals surface area (Å²) in [6.45, 7) is 0.560. The molecule has 3 aromatic rings. The summed E-state index contributed by atoms with van der Waals surface area (Å²) in [5.74, 6) is -0.140. The zero-order valence-electron chi connectivity index (χ0n) is 14.8. The van der Waals surface area contributed by atoms with E-state index in [-0.39, 0.29) is 17.6 Å². The van der Waals surface area contributed by atoms with Crippen molar-refractivity contribution in [1.82, 2.24) is 4.90 Å². The van der Waals surface area contributed by atoms with Gasteiger partial charge in [0.25, 0.3) is 5.91 Å². The lowest BCUT2D eigenvalue weighted by atomic mass is 10.1. The van der Waals surface area contributed by atoms with E-state index in [0.29, 0.717) is 13.0 Å². The second-order valence-electron chi connectivity index (χ2n) is 6.57. The summed E-state index contributed by atoms with van der Waals surface area (Å²) in [6, 6.07) is 20.6. The molecule has 1 aromatic heterocycles. The number of carbonyl (C=O) groups is 2. The maximum atomic E-state index is 12.7. The van der Waals surface area contributed by atoms with Crippen molar-refractivity contribution in [3.8, 4) is 11.1 Å². The van der Waals surface area contributed by atoms with Crippen LogP contribution >= 0.6 is 0 Å². The molecule has 0 saturated carbocycles. The van der Waals surface area contributed by atoms with E-state index in [2.05, 4.69) is 5.32 Å². The van der Waals surface area contributed by atoms with E-state index in [4.69, 9.17) is 4.42 Å². The Labute approximate surface area is 157 Å². The number of nitrogens with one attached hydrogen (secondary N) is 1. The lowest BCUT2D eigenvalue weighted by molar-refractivity contribution is -0.119. The molecule has 0 spiro atoms. The Bertz CT molecular complexity index is 918. The highest BCUT2D eigenvalue weighted by Gasteiger charge is 2.35. The molecule has 1 aliphatic heterocycles. The van der Waals surface area contributed by atoms with Crippen LogP contribution in [0.2, 0.25) is 0 Å². The van der Waals surface area contributed by atoms with Crippen molar-refractivity contribution in [2.45, 2.75) is 18.9 Å². The van der Waals surface area contributed by atoms with Gasteiger partial charge in [0, 0.05) is 12.2 Å². The number of rotatable bonds is 4. The van der Waals surface area contributed by atoms with Crippen molar-refractivity contribution in [2.24, 2.45) is 0 Å². The number of hydrogen-bond acceptors (Lipinski definition) is 3. The van der Waals surface area contributed by atoms with E-state index < -0.39 is 6.04 Å². The van der Waals surface area contributed by atoms with Crippen LogP contribution in [0, 0.1) is 0 Å². The summed E-state index contributed by atoms with van der Waals surface area (Å²) in [6.07, 6.45) is 2.92. The average Bonchev–Trinajstić information content (AvgIpc) is 3.41. The van der Waals surface area contributed by atoms with Gasteiger partial charge < -0.3 is 14.6 Å². The van der Waals surface area contributed by atoms with Gasteiger partial charge in [0.05, 0.1) is 6.26 Å². The van der Waals surface area contributed by atoms with Gasteiger partial charge in [-0.2, -0.15) is 0 Å². The molecule has 1 saturated heterocycles. The third-order valence-electron chi connectivity index (χ3n) is 4.81. The Hall–Kier alpha value is -3.34. The molecule has 2 heterocycles. The smallest absolute Gasteiger partial charge is 0.290 e. The fourth-order valence-corrected chi connectivity index (χ4v) is 3.43. The lowest BCUT2D eigenvalue weighted by Gasteiger charge is -2.23. The first-order valence-electron chi connectivity index (χ1n) is 9.03. The highest BCUT2D eigenvalue weighted by Crippen LogP contribution is 2.24. The van der Waals surface area contributed by atoms with Crippen LogP contribution in [0.1, 0.15) is 23.4 Å². The molecule has 27 heavy (non-hydrogen) atoms. The number of furan rings is 1. The van der Waals surface area contributed by atoms with E-state index >= 15 is 0 Å². The molecule has 2 amide bonds. The Morgan fingerprint density at radius 2 is 1.67 bits per heavy atom. The fourth-order valence-electron chi connectivity index (χ4n) is 3.43. The number of likely N-dealkylation sites (tertiary alicyclic amines) is 1. The fraction of sp³-hybridized carbons (Fsp3) is 0.182. The van der Waals surface area contributed by atoms with Crippen LogP contribution in [-0.4, -0.2) is 29.3 Å². The third-order valence-corrected chi connectivity index (χ3v) is 4.81. The van der Waals surface area contributed by atoms with Crippen molar-refractivity contribution < 1.29 is 14.0 Å². The lowest BCUT2D eigenvalue weighted by Crippen LogP contribution is -2.43. The SMILES string of the molecule is O=C(Nc1ccc(-c2ccccc2)cc1)C1CCCN1C(=O)c1ccco1. The standard InChI is InChI=1S/C22H20N2O3/c25-21(19-8-4-14-24(19)22(26)20-9-5-15-27-20)23-18-12-10-17(11-13-18)16-6-2-1-3-7-16/h1-3,5-7,9-13,15,19H,4,8,14H2,(H,23,25). The van der Waals surface area contributed by atoms with Gasteiger partial charge in [-0.05, 0) is 48.2 Å². The number of amides is 2. The third kappa shape index (κ3) is 3.62. The normalized spacial score (nSPS) is 16.3. The maximum Gasteiger partial charge on any atom is 0.290 e. The quantitative estimate of drug-likeness (QED) is 0.759. The Kier molecular flexibility index (Phi) is 4.75. The van der Waals surface area contributed by atoms with Crippen LogP contribution < -0.4 is 5.32 Å². The summed E-state index contributed by atoms with van der Waals surface area (Å²) in [4.78, 5) is 26.8. The first-order valence-corrected chi connectivity index (χ1v) is 9.03. The van der Waals surface area contributed by atoms with E-state index in [1.54, 1.807) is 17.0 Å². The molecule has 5 nitrogen and oxygen atoms in total. The topological polar surface area (TPSA) is 62.6 Å².